The molecule has 1 fully saturated rings. The molecule has 27 heavy (non-hydrogen) atoms. The Bertz CT molecular complexity index is 774. The van der Waals surface area contributed by atoms with Crippen molar-refractivity contribution in [3.8, 4) is 0 Å². The average Bonchev–Trinajstić information content (AvgIpc) is 3.38. The van der Waals surface area contributed by atoms with E-state index in [1.807, 2.05) is 0 Å². The van der Waals surface area contributed by atoms with Crippen LogP contribution in [-0.4, -0.2) is 51.5 Å². The molecule has 0 N–H and O–H groups in total. The topological polar surface area (TPSA) is 93.2 Å². The predicted molar refractivity (Wildman–Crippen MR) is 93.6 cm³/mol. The van der Waals surface area contributed by atoms with Crippen LogP contribution in [0.15, 0.2) is 24.3 Å². The standard InChI is InChI=1S/C19H22N2O6/c1-11(20(12-9-10-12)18(25)26-19(2,3)4)17(24)27-21-15(22)13-7-5-6-8-14(13)16(21)23/h5-8,11-12H,9-10H2,1-4H3. The summed E-state index contributed by atoms with van der Waals surface area (Å²) in [7, 11) is 0. The lowest BCUT2D eigenvalue weighted by Crippen LogP contribution is -2.49. The molecule has 1 unspecified atom stereocenters. The van der Waals surface area contributed by atoms with Gasteiger partial charge < -0.3 is 9.57 Å². The number of hydrogen-bond donors (Lipinski definition) is 0. The van der Waals surface area contributed by atoms with E-state index >= 15 is 0 Å². The second kappa shape index (κ2) is 6.68. The summed E-state index contributed by atoms with van der Waals surface area (Å²) in [5.74, 6) is -2.28. The molecule has 0 saturated heterocycles. The van der Waals surface area contributed by atoms with E-state index in [0.29, 0.717) is 5.06 Å². The first-order valence-corrected chi connectivity index (χ1v) is 8.81. The van der Waals surface area contributed by atoms with Crippen molar-refractivity contribution in [2.45, 2.75) is 58.2 Å². The molecular formula is C19H22N2O6. The molecule has 3 amide bonds. The van der Waals surface area contributed by atoms with Crippen LogP contribution in [0.2, 0.25) is 0 Å². The first kappa shape index (κ1) is 18.9. The van der Waals surface area contributed by atoms with Gasteiger partial charge in [-0.1, -0.05) is 17.2 Å². The summed E-state index contributed by atoms with van der Waals surface area (Å²) >= 11 is 0. The first-order valence-electron chi connectivity index (χ1n) is 8.81. The molecule has 8 nitrogen and oxygen atoms in total. The Morgan fingerprint density at radius 1 is 1.11 bits per heavy atom. The predicted octanol–water partition coefficient (Wildman–Crippen LogP) is 2.53. The summed E-state index contributed by atoms with van der Waals surface area (Å²) < 4.78 is 5.37. The summed E-state index contributed by atoms with van der Waals surface area (Å²) in [4.78, 5) is 56.1. The summed E-state index contributed by atoms with van der Waals surface area (Å²) in [6, 6.07) is 5.10. The Labute approximate surface area is 157 Å². The number of nitrogens with zero attached hydrogens (tertiary/aromatic N) is 2. The number of rotatable bonds is 4. The van der Waals surface area contributed by atoms with Gasteiger partial charge in [-0.15, -0.1) is 0 Å². The Hall–Kier alpha value is -2.90. The lowest BCUT2D eigenvalue weighted by molar-refractivity contribution is -0.174. The van der Waals surface area contributed by atoms with E-state index in [1.165, 1.54) is 24.0 Å². The third kappa shape index (κ3) is 3.79. The molecule has 0 radical (unpaired) electrons. The minimum atomic E-state index is -1.00. The fourth-order valence-electron chi connectivity index (χ4n) is 2.82. The lowest BCUT2D eigenvalue weighted by atomic mass is 10.1. The molecule has 0 bridgehead atoms. The van der Waals surface area contributed by atoms with Gasteiger partial charge in [0.15, 0.2) is 0 Å². The van der Waals surface area contributed by atoms with Crippen molar-refractivity contribution >= 4 is 23.9 Å². The van der Waals surface area contributed by atoms with E-state index in [2.05, 4.69) is 0 Å². The van der Waals surface area contributed by atoms with Gasteiger partial charge in [0.25, 0.3) is 11.8 Å². The van der Waals surface area contributed by atoms with E-state index < -0.39 is 35.5 Å². The molecule has 144 valence electrons. The third-order valence-electron chi connectivity index (χ3n) is 4.24. The van der Waals surface area contributed by atoms with Gasteiger partial charge in [0.1, 0.15) is 11.6 Å². The van der Waals surface area contributed by atoms with Crippen LogP contribution in [0.5, 0.6) is 0 Å². The zero-order valence-corrected chi connectivity index (χ0v) is 15.7. The highest BCUT2D eigenvalue weighted by molar-refractivity contribution is 6.20. The molecule has 3 rings (SSSR count). The van der Waals surface area contributed by atoms with Gasteiger partial charge in [-0.2, -0.15) is 0 Å². The maximum absolute atomic E-state index is 12.6. The van der Waals surface area contributed by atoms with Gasteiger partial charge in [0.05, 0.1) is 11.1 Å². The maximum Gasteiger partial charge on any atom is 0.411 e. The number of fused-ring (bicyclic) bond motifs is 1. The van der Waals surface area contributed by atoms with Crippen molar-refractivity contribution in [1.82, 2.24) is 9.96 Å². The Kier molecular flexibility index (Phi) is 4.67. The van der Waals surface area contributed by atoms with Crippen molar-refractivity contribution in [3.63, 3.8) is 0 Å². The van der Waals surface area contributed by atoms with Crippen LogP contribution >= 0.6 is 0 Å². The number of hydroxylamine groups is 2. The second-order valence-corrected chi connectivity index (χ2v) is 7.66. The number of imide groups is 1. The highest BCUT2D eigenvalue weighted by Crippen LogP contribution is 2.31. The van der Waals surface area contributed by atoms with Crippen molar-refractivity contribution < 1.29 is 28.8 Å². The molecule has 1 aromatic rings. The van der Waals surface area contributed by atoms with E-state index in [9.17, 15) is 19.2 Å². The van der Waals surface area contributed by atoms with Gasteiger partial charge in [0, 0.05) is 6.04 Å². The van der Waals surface area contributed by atoms with Crippen LogP contribution in [0.4, 0.5) is 4.79 Å². The Morgan fingerprint density at radius 2 is 1.63 bits per heavy atom. The molecule has 1 heterocycles. The number of carbonyl (C=O) groups excluding carboxylic acids is 4. The van der Waals surface area contributed by atoms with E-state index in [1.54, 1.807) is 32.9 Å². The number of ether oxygens (including phenoxy) is 1. The van der Waals surface area contributed by atoms with Crippen molar-refractivity contribution in [2.75, 3.05) is 0 Å². The number of carbonyl (C=O) groups is 4. The summed E-state index contributed by atoms with van der Waals surface area (Å²) in [5, 5.41) is 0.448. The molecule has 1 aromatic carbocycles. The van der Waals surface area contributed by atoms with Gasteiger partial charge in [-0.3, -0.25) is 14.5 Å². The quantitative estimate of drug-likeness (QED) is 0.752. The zero-order valence-electron chi connectivity index (χ0n) is 15.7. The summed E-state index contributed by atoms with van der Waals surface area (Å²) in [6.07, 6.45) is 0.880. The summed E-state index contributed by atoms with van der Waals surface area (Å²) in [5.41, 5.74) is -0.362. The molecule has 2 aliphatic rings. The lowest BCUT2D eigenvalue weighted by Gasteiger charge is -2.31. The number of hydrogen-bond acceptors (Lipinski definition) is 6. The van der Waals surface area contributed by atoms with E-state index in [-0.39, 0.29) is 17.2 Å². The third-order valence-corrected chi connectivity index (χ3v) is 4.24. The first-order chi connectivity index (χ1) is 12.6. The molecule has 8 heteroatoms. The molecular weight excluding hydrogens is 352 g/mol. The van der Waals surface area contributed by atoms with Crippen molar-refractivity contribution in [3.05, 3.63) is 35.4 Å². The fraction of sp³-hybridized carbons (Fsp3) is 0.474. The van der Waals surface area contributed by atoms with Gasteiger partial charge in [-0.25, -0.2) is 9.59 Å². The molecule has 0 aromatic heterocycles. The van der Waals surface area contributed by atoms with Crippen LogP contribution in [0.25, 0.3) is 0 Å². The van der Waals surface area contributed by atoms with Crippen molar-refractivity contribution in [2.24, 2.45) is 0 Å². The molecule has 1 atom stereocenters. The minimum Gasteiger partial charge on any atom is -0.444 e. The molecule has 0 spiro atoms. The van der Waals surface area contributed by atoms with Crippen LogP contribution in [0, 0.1) is 0 Å². The van der Waals surface area contributed by atoms with Gasteiger partial charge in [-0.05, 0) is 52.7 Å². The fourth-order valence-corrected chi connectivity index (χ4v) is 2.82. The maximum atomic E-state index is 12.6. The average molecular weight is 374 g/mol. The monoisotopic (exact) mass is 374 g/mol. The van der Waals surface area contributed by atoms with E-state index in [4.69, 9.17) is 9.57 Å². The normalized spacial score (nSPS) is 17.4. The van der Waals surface area contributed by atoms with Crippen molar-refractivity contribution in [1.29, 1.82) is 0 Å². The molecule has 1 aliphatic heterocycles. The van der Waals surface area contributed by atoms with E-state index in [0.717, 1.165) is 12.8 Å². The smallest absolute Gasteiger partial charge is 0.411 e. The zero-order chi connectivity index (χ0) is 19.9. The SMILES string of the molecule is CC(C(=O)ON1C(=O)c2ccccc2C1=O)N(C(=O)OC(C)(C)C)C1CC1. The Morgan fingerprint density at radius 3 is 2.07 bits per heavy atom. The largest absolute Gasteiger partial charge is 0.444 e. The van der Waals surface area contributed by atoms with Gasteiger partial charge >= 0.3 is 12.1 Å². The summed E-state index contributed by atoms with van der Waals surface area (Å²) in [6.45, 7) is 6.69. The van der Waals surface area contributed by atoms with Crippen LogP contribution in [-0.2, 0) is 14.4 Å². The van der Waals surface area contributed by atoms with Crippen LogP contribution < -0.4 is 0 Å². The van der Waals surface area contributed by atoms with Gasteiger partial charge in [0.2, 0.25) is 0 Å². The number of amides is 3. The Balaban J connectivity index is 1.72. The van der Waals surface area contributed by atoms with Crippen LogP contribution in [0.1, 0.15) is 61.3 Å². The van der Waals surface area contributed by atoms with Crippen LogP contribution in [0.3, 0.4) is 0 Å². The number of benzene rings is 1. The minimum absolute atomic E-state index is 0.121. The molecule has 1 aliphatic carbocycles. The second-order valence-electron chi connectivity index (χ2n) is 7.66. The molecule has 1 saturated carbocycles. The highest BCUT2D eigenvalue weighted by Gasteiger charge is 2.44. The highest BCUT2D eigenvalue weighted by atomic mass is 16.7.